The maximum Gasteiger partial charge on any atom is 0.253 e. The molecule has 0 aliphatic carbocycles. The first-order chi connectivity index (χ1) is 10.2. The molecular weight excluding hydrogens is 266 g/mol. The lowest BCUT2D eigenvalue weighted by atomic mass is 10.1. The van der Waals surface area contributed by atoms with Crippen molar-refractivity contribution in [2.45, 2.75) is 33.1 Å². The van der Waals surface area contributed by atoms with Crippen LogP contribution in [-0.4, -0.2) is 31.4 Å². The van der Waals surface area contributed by atoms with Gasteiger partial charge in [-0.3, -0.25) is 9.59 Å². The molecule has 0 radical (unpaired) electrons. The predicted octanol–water partition coefficient (Wildman–Crippen LogP) is 2.15. The molecule has 0 unspecified atom stereocenters. The summed E-state index contributed by atoms with van der Waals surface area (Å²) in [6.45, 7) is 5.92. The quantitative estimate of drug-likeness (QED) is 0.653. The number of hydrogen-bond acceptors (Lipinski definition) is 3. The largest absolute Gasteiger partial charge is 0.384 e. The normalized spacial score (nSPS) is 10.0. The summed E-state index contributed by atoms with van der Waals surface area (Å²) in [6.07, 6.45) is 2.21. The fraction of sp³-hybridized carbons (Fsp3) is 0.500. The average Bonchev–Trinajstić information content (AvgIpc) is 2.51. The fourth-order valence-electron chi connectivity index (χ4n) is 1.83. The first-order valence-electron chi connectivity index (χ1n) is 7.56. The smallest absolute Gasteiger partial charge is 0.253 e. The minimum atomic E-state index is -0.155. The number of anilines is 1. The molecule has 5 heteroatoms. The van der Waals surface area contributed by atoms with Gasteiger partial charge in [-0.2, -0.15) is 0 Å². The van der Waals surface area contributed by atoms with Gasteiger partial charge in [-0.15, -0.1) is 0 Å². The van der Waals surface area contributed by atoms with Crippen LogP contribution < -0.4 is 16.0 Å². The SMILES string of the molecule is CCCNC(=O)CCNC(=O)c1ccccc1NCCC. The number of amides is 2. The molecule has 2 amide bonds. The number of para-hydroxylation sites is 1. The van der Waals surface area contributed by atoms with Crippen LogP contribution in [0, 0.1) is 0 Å². The van der Waals surface area contributed by atoms with Crippen LogP contribution in [0.15, 0.2) is 24.3 Å². The second-order valence-corrected chi connectivity index (χ2v) is 4.83. The van der Waals surface area contributed by atoms with Crippen LogP contribution in [-0.2, 0) is 4.79 Å². The first-order valence-corrected chi connectivity index (χ1v) is 7.56. The highest BCUT2D eigenvalue weighted by Crippen LogP contribution is 2.14. The Kier molecular flexibility index (Phi) is 7.94. The number of nitrogens with one attached hydrogen (secondary N) is 3. The fourth-order valence-corrected chi connectivity index (χ4v) is 1.83. The van der Waals surface area contributed by atoms with Gasteiger partial charge < -0.3 is 16.0 Å². The first kappa shape index (κ1) is 17.0. The van der Waals surface area contributed by atoms with E-state index < -0.39 is 0 Å². The molecule has 0 atom stereocenters. The van der Waals surface area contributed by atoms with E-state index >= 15 is 0 Å². The Bertz CT molecular complexity index is 461. The molecule has 1 aromatic rings. The van der Waals surface area contributed by atoms with Crippen LogP contribution in [0.2, 0.25) is 0 Å². The molecule has 0 aliphatic heterocycles. The molecule has 0 heterocycles. The summed E-state index contributed by atoms with van der Waals surface area (Å²) in [5.74, 6) is -0.188. The third-order valence-corrected chi connectivity index (χ3v) is 2.95. The maximum absolute atomic E-state index is 12.1. The van der Waals surface area contributed by atoms with Crippen LogP contribution in [0.4, 0.5) is 5.69 Å². The number of hydrogen-bond donors (Lipinski definition) is 3. The number of carbonyl (C=O) groups is 2. The zero-order chi connectivity index (χ0) is 15.5. The van der Waals surface area contributed by atoms with Gasteiger partial charge in [-0.05, 0) is 25.0 Å². The molecule has 21 heavy (non-hydrogen) atoms. The molecular formula is C16H25N3O2. The van der Waals surface area contributed by atoms with Gasteiger partial charge in [-0.1, -0.05) is 26.0 Å². The van der Waals surface area contributed by atoms with Gasteiger partial charge in [-0.25, -0.2) is 0 Å². The standard InChI is InChI=1S/C16H25N3O2/c1-3-10-17-14-8-6-5-7-13(14)16(21)19-12-9-15(20)18-11-4-2/h5-8,17H,3-4,9-12H2,1-2H3,(H,18,20)(H,19,21). The highest BCUT2D eigenvalue weighted by molar-refractivity contribution is 5.99. The molecule has 0 aromatic heterocycles. The molecule has 0 aliphatic rings. The van der Waals surface area contributed by atoms with Crippen LogP contribution in [0.1, 0.15) is 43.5 Å². The van der Waals surface area contributed by atoms with Crippen LogP contribution in [0.25, 0.3) is 0 Å². The average molecular weight is 291 g/mol. The zero-order valence-electron chi connectivity index (χ0n) is 12.9. The van der Waals surface area contributed by atoms with E-state index in [1.807, 2.05) is 25.1 Å². The Morgan fingerprint density at radius 3 is 2.38 bits per heavy atom. The molecule has 0 saturated heterocycles. The van der Waals surface area contributed by atoms with Crippen molar-refractivity contribution in [3.05, 3.63) is 29.8 Å². The molecule has 0 saturated carbocycles. The van der Waals surface area contributed by atoms with Crippen molar-refractivity contribution in [2.24, 2.45) is 0 Å². The van der Waals surface area contributed by atoms with Crippen LogP contribution in [0.3, 0.4) is 0 Å². The summed E-state index contributed by atoms with van der Waals surface area (Å²) in [7, 11) is 0. The van der Waals surface area contributed by atoms with Crippen LogP contribution in [0.5, 0.6) is 0 Å². The molecule has 5 nitrogen and oxygen atoms in total. The van der Waals surface area contributed by atoms with E-state index in [1.54, 1.807) is 6.07 Å². The third-order valence-electron chi connectivity index (χ3n) is 2.95. The monoisotopic (exact) mass is 291 g/mol. The summed E-state index contributed by atoms with van der Waals surface area (Å²) >= 11 is 0. The molecule has 3 N–H and O–H groups in total. The Morgan fingerprint density at radius 1 is 0.952 bits per heavy atom. The zero-order valence-corrected chi connectivity index (χ0v) is 12.9. The Morgan fingerprint density at radius 2 is 1.67 bits per heavy atom. The van der Waals surface area contributed by atoms with Crippen molar-refractivity contribution in [2.75, 3.05) is 25.0 Å². The van der Waals surface area contributed by atoms with E-state index in [1.165, 1.54) is 0 Å². The minimum absolute atomic E-state index is 0.0328. The third kappa shape index (κ3) is 6.29. The van der Waals surface area contributed by atoms with Crippen molar-refractivity contribution < 1.29 is 9.59 Å². The summed E-state index contributed by atoms with van der Waals surface area (Å²) in [5, 5.41) is 8.80. The Hall–Kier alpha value is -2.04. The summed E-state index contributed by atoms with van der Waals surface area (Å²) < 4.78 is 0. The Balaban J connectivity index is 2.46. The minimum Gasteiger partial charge on any atom is -0.384 e. The lowest BCUT2D eigenvalue weighted by Crippen LogP contribution is -2.31. The van der Waals surface area contributed by atoms with Gasteiger partial charge >= 0.3 is 0 Å². The van der Waals surface area contributed by atoms with Crippen molar-refractivity contribution in [1.82, 2.24) is 10.6 Å². The summed E-state index contributed by atoms with van der Waals surface area (Å²) in [6, 6.07) is 7.40. The molecule has 0 spiro atoms. The topological polar surface area (TPSA) is 70.2 Å². The number of carbonyl (C=O) groups excluding carboxylic acids is 2. The summed E-state index contributed by atoms with van der Waals surface area (Å²) in [4.78, 5) is 23.6. The predicted molar refractivity (Wildman–Crippen MR) is 85.5 cm³/mol. The van der Waals surface area contributed by atoms with Gasteiger partial charge in [0.15, 0.2) is 0 Å². The van der Waals surface area contributed by atoms with Crippen molar-refractivity contribution in [3.8, 4) is 0 Å². The molecule has 0 fully saturated rings. The summed E-state index contributed by atoms with van der Waals surface area (Å²) in [5.41, 5.74) is 1.44. The van der Waals surface area contributed by atoms with Crippen molar-refractivity contribution in [1.29, 1.82) is 0 Å². The van der Waals surface area contributed by atoms with Gasteiger partial charge in [0.25, 0.3) is 5.91 Å². The van der Waals surface area contributed by atoms with E-state index in [0.717, 1.165) is 25.1 Å². The lowest BCUT2D eigenvalue weighted by Gasteiger charge is -2.11. The second-order valence-electron chi connectivity index (χ2n) is 4.83. The number of benzene rings is 1. The van der Waals surface area contributed by atoms with E-state index in [4.69, 9.17) is 0 Å². The van der Waals surface area contributed by atoms with Crippen molar-refractivity contribution in [3.63, 3.8) is 0 Å². The second kappa shape index (κ2) is 9.80. The van der Waals surface area contributed by atoms with E-state index in [9.17, 15) is 9.59 Å². The highest BCUT2D eigenvalue weighted by atomic mass is 16.2. The molecule has 1 aromatic carbocycles. The molecule has 116 valence electrons. The van der Waals surface area contributed by atoms with E-state index in [-0.39, 0.29) is 11.8 Å². The van der Waals surface area contributed by atoms with Crippen LogP contribution >= 0.6 is 0 Å². The maximum atomic E-state index is 12.1. The van der Waals surface area contributed by atoms with Gasteiger partial charge in [0.1, 0.15) is 0 Å². The lowest BCUT2D eigenvalue weighted by molar-refractivity contribution is -0.120. The van der Waals surface area contributed by atoms with Gasteiger partial charge in [0, 0.05) is 31.7 Å². The molecule has 1 rings (SSSR count). The van der Waals surface area contributed by atoms with E-state index in [2.05, 4.69) is 22.9 Å². The molecule has 0 bridgehead atoms. The van der Waals surface area contributed by atoms with Gasteiger partial charge in [0.05, 0.1) is 5.56 Å². The van der Waals surface area contributed by atoms with Crippen molar-refractivity contribution >= 4 is 17.5 Å². The highest BCUT2D eigenvalue weighted by Gasteiger charge is 2.10. The van der Waals surface area contributed by atoms with E-state index in [0.29, 0.717) is 25.1 Å². The number of rotatable bonds is 9. The van der Waals surface area contributed by atoms with Gasteiger partial charge in [0.2, 0.25) is 5.91 Å². The Labute approximate surface area is 126 Å².